The van der Waals surface area contributed by atoms with Crippen LogP contribution in [0.5, 0.6) is 5.75 Å². The minimum Gasteiger partial charge on any atom is -0.485 e. The molecule has 3 N–H and O–H groups in total. The number of aromatic nitrogens is 2. The van der Waals surface area contributed by atoms with Crippen molar-refractivity contribution < 1.29 is 22.6 Å². The number of nitrogens with one attached hydrogen (secondary N) is 1. The van der Waals surface area contributed by atoms with E-state index in [0.717, 1.165) is 53.1 Å². The molecule has 0 radical (unpaired) electrons. The van der Waals surface area contributed by atoms with Crippen molar-refractivity contribution in [3.05, 3.63) is 46.8 Å². The summed E-state index contributed by atoms with van der Waals surface area (Å²) in [5, 5.41) is 4.13. The molecule has 2 aliphatic rings. The Kier molecular flexibility index (Phi) is 5.89. The van der Waals surface area contributed by atoms with E-state index in [-0.39, 0.29) is 11.3 Å². The van der Waals surface area contributed by atoms with Crippen LogP contribution in [-0.4, -0.2) is 41.9 Å². The van der Waals surface area contributed by atoms with Gasteiger partial charge in [-0.1, -0.05) is 0 Å². The molecule has 3 heterocycles. The van der Waals surface area contributed by atoms with Crippen molar-refractivity contribution in [2.24, 2.45) is 0 Å². The van der Waals surface area contributed by atoms with Crippen LogP contribution in [-0.2, 0) is 17.3 Å². The van der Waals surface area contributed by atoms with Gasteiger partial charge < -0.3 is 25.4 Å². The van der Waals surface area contributed by atoms with Gasteiger partial charge in [-0.25, -0.2) is 9.97 Å². The number of hydrogen-bond donors (Lipinski definition) is 2. The zero-order chi connectivity index (χ0) is 25.8. The number of aryl methyl sites for hydroxylation is 1. The van der Waals surface area contributed by atoms with Gasteiger partial charge in [0, 0.05) is 36.1 Å². The van der Waals surface area contributed by atoms with Gasteiger partial charge in [-0.15, -0.1) is 0 Å². The van der Waals surface area contributed by atoms with Crippen LogP contribution in [0.1, 0.15) is 49.3 Å². The number of halogens is 3. The van der Waals surface area contributed by atoms with Crippen LogP contribution in [0.15, 0.2) is 24.3 Å². The molecule has 192 valence electrons. The average Bonchev–Trinajstić information content (AvgIpc) is 3.13. The maximum atomic E-state index is 13.4. The van der Waals surface area contributed by atoms with Crippen molar-refractivity contribution in [3.8, 4) is 5.75 Å². The number of morpholine rings is 1. The Hall–Kier alpha value is -3.27. The summed E-state index contributed by atoms with van der Waals surface area (Å²) in [6, 6.07) is 5.16. The molecule has 1 fully saturated rings. The Morgan fingerprint density at radius 3 is 2.53 bits per heavy atom. The van der Waals surface area contributed by atoms with Crippen LogP contribution >= 0.6 is 0 Å². The van der Waals surface area contributed by atoms with Gasteiger partial charge in [0.1, 0.15) is 23.0 Å². The summed E-state index contributed by atoms with van der Waals surface area (Å²) < 4.78 is 52.1. The molecule has 10 heteroatoms. The molecule has 1 aromatic heterocycles. The summed E-state index contributed by atoms with van der Waals surface area (Å²) in [6.07, 6.45) is -3.80. The zero-order valence-electron chi connectivity index (χ0n) is 20.8. The van der Waals surface area contributed by atoms with Gasteiger partial charge >= 0.3 is 6.18 Å². The highest BCUT2D eigenvalue weighted by atomic mass is 19.4. The lowest BCUT2D eigenvalue weighted by Crippen LogP contribution is -2.36. The van der Waals surface area contributed by atoms with E-state index in [1.165, 1.54) is 0 Å². The second-order valence-corrected chi connectivity index (χ2v) is 10.1. The van der Waals surface area contributed by atoms with E-state index in [1.54, 1.807) is 19.9 Å². The van der Waals surface area contributed by atoms with Crippen LogP contribution in [0.2, 0.25) is 0 Å². The predicted octanol–water partition coefficient (Wildman–Crippen LogP) is 5.26. The fraction of sp³-hybridized carbons (Fsp3) is 0.462. The number of benzene rings is 2. The van der Waals surface area contributed by atoms with Crippen LogP contribution in [0.4, 0.5) is 30.4 Å². The normalized spacial score (nSPS) is 18.1. The van der Waals surface area contributed by atoms with Gasteiger partial charge in [-0.05, 0) is 57.5 Å². The van der Waals surface area contributed by atoms with Crippen molar-refractivity contribution in [1.29, 1.82) is 0 Å². The third-order valence-electron chi connectivity index (χ3n) is 6.62. The molecule has 5 rings (SSSR count). The Morgan fingerprint density at radius 2 is 1.83 bits per heavy atom. The summed E-state index contributed by atoms with van der Waals surface area (Å²) in [6.45, 7) is 10.4. The quantitative estimate of drug-likeness (QED) is 0.472. The predicted molar refractivity (Wildman–Crippen MR) is 134 cm³/mol. The van der Waals surface area contributed by atoms with E-state index in [2.05, 4.69) is 29.0 Å². The summed E-state index contributed by atoms with van der Waals surface area (Å²) in [7, 11) is 0. The molecule has 0 saturated carbocycles. The van der Waals surface area contributed by atoms with Crippen molar-refractivity contribution >= 4 is 28.1 Å². The molecule has 0 aliphatic carbocycles. The second-order valence-electron chi connectivity index (χ2n) is 10.1. The lowest BCUT2D eigenvalue weighted by Gasteiger charge is -2.31. The first-order valence-electron chi connectivity index (χ1n) is 12.0. The number of nitrogen functional groups attached to an aromatic ring is 1. The third-order valence-corrected chi connectivity index (χ3v) is 6.62. The SMILES string of the molecule is Cc1nc(NC(C)c2cc(N)cc(C(F)(F)F)c2)c2cc(N3CCOCC3)c3c(c2n1)CC(C)(C)O3. The molecule has 2 aliphatic heterocycles. The van der Waals surface area contributed by atoms with E-state index in [9.17, 15) is 13.2 Å². The van der Waals surface area contributed by atoms with Crippen molar-refractivity contribution in [2.75, 3.05) is 42.3 Å². The third kappa shape index (κ3) is 4.61. The minimum atomic E-state index is -4.48. The molecule has 0 spiro atoms. The average molecular weight is 502 g/mol. The summed E-state index contributed by atoms with van der Waals surface area (Å²) in [5.74, 6) is 1.95. The number of alkyl halides is 3. The molecular formula is C26H30F3N5O2. The van der Waals surface area contributed by atoms with Gasteiger partial charge in [0.05, 0.1) is 36.0 Å². The number of nitrogens with two attached hydrogens (primary N) is 1. The lowest BCUT2D eigenvalue weighted by atomic mass is 9.98. The summed E-state index contributed by atoms with van der Waals surface area (Å²) in [4.78, 5) is 11.6. The maximum Gasteiger partial charge on any atom is 0.416 e. The van der Waals surface area contributed by atoms with Crippen LogP contribution < -0.4 is 20.7 Å². The number of nitrogens with zero attached hydrogens (tertiary/aromatic N) is 3. The maximum absolute atomic E-state index is 13.4. The molecule has 7 nitrogen and oxygen atoms in total. The van der Waals surface area contributed by atoms with Crippen LogP contribution in [0, 0.1) is 6.92 Å². The van der Waals surface area contributed by atoms with E-state index in [1.807, 2.05) is 6.07 Å². The van der Waals surface area contributed by atoms with Crippen molar-refractivity contribution in [3.63, 3.8) is 0 Å². The van der Waals surface area contributed by atoms with Crippen molar-refractivity contribution in [1.82, 2.24) is 9.97 Å². The smallest absolute Gasteiger partial charge is 0.416 e. The van der Waals surface area contributed by atoms with Gasteiger partial charge in [-0.3, -0.25) is 0 Å². The molecule has 1 unspecified atom stereocenters. The number of fused-ring (bicyclic) bond motifs is 3. The summed E-state index contributed by atoms with van der Waals surface area (Å²) >= 11 is 0. The molecule has 1 atom stereocenters. The zero-order valence-corrected chi connectivity index (χ0v) is 20.8. The number of ether oxygens (including phenoxy) is 2. The van der Waals surface area contributed by atoms with Crippen LogP contribution in [0.3, 0.4) is 0 Å². The molecular weight excluding hydrogens is 471 g/mol. The fourth-order valence-corrected chi connectivity index (χ4v) is 4.96. The highest BCUT2D eigenvalue weighted by molar-refractivity contribution is 5.97. The lowest BCUT2D eigenvalue weighted by molar-refractivity contribution is -0.137. The standard InChI is InChI=1S/C26H30F3N5O2/c1-14(16-9-17(26(27,28)29)11-18(30)10-16)31-24-19-12-21(34-5-7-35-8-6-34)23-20(13-25(3,4)36-23)22(19)32-15(2)33-24/h9-12,14H,5-8,13,30H2,1-4H3,(H,31,32,33). The Morgan fingerprint density at radius 1 is 1.11 bits per heavy atom. The number of rotatable bonds is 4. The minimum absolute atomic E-state index is 0.0593. The van der Waals surface area contributed by atoms with Crippen molar-refractivity contribution in [2.45, 2.75) is 51.9 Å². The molecule has 2 aromatic carbocycles. The first-order valence-corrected chi connectivity index (χ1v) is 12.0. The largest absolute Gasteiger partial charge is 0.485 e. The van der Waals surface area contributed by atoms with Crippen LogP contribution in [0.25, 0.3) is 10.9 Å². The van der Waals surface area contributed by atoms with E-state index in [0.29, 0.717) is 36.8 Å². The summed E-state index contributed by atoms with van der Waals surface area (Å²) in [5.41, 5.74) is 7.89. The van der Waals surface area contributed by atoms with Gasteiger partial charge in [0.15, 0.2) is 0 Å². The fourth-order valence-electron chi connectivity index (χ4n) is 4.96. The second kappa shape index (κ2) is 8.69. The van der Waals surface area contributed by atoms with Gasteiger partial charge in [0.2, 0.25) is 0 Å². The first-order chi connectivity index (χ1) is 16.9. The van der Waals surface area contributed by atoms with Gasteiger partial charge in [0.25, 0.3) is 0 Å². The number of hydrogen-bond acceptors (Lipinski definition) is 7. The van der Waals surface area contributed by atoms with E-state index >= 15 is 0 Å². The monoisotopic (exact) mass is 501 g/mol. The molecule has 36 heavy (non-hydrogen) atoms. The van der Waals surface area contributed by atoms with E-state index in [4.69, 9.17) is 20.2 Å². The Bertz CT molecular complexity index is 1320. The topological polar surface area (TPSA) is 85.5 Å². The first kappa shape index (κ1) is 24.4. The highest BCUT2D eigenvalue weighted by Gasteiger charge is 2.36. The molecule has 1 saturated heterocycles. The molecule has 3 aromatic rings. The molecule has 0 amide bonds. The Balaban J connectivity index is 1.61. The number of anilines is 3. The van der Waals surface area contributed by atoms with E-state index < -0.39 is 17.8 Å². The molecule has 0 bridgehead atoms. The van der Waals surface area contributed by atoms with Gasteiger partial charge in [-0.2, -0.15) is 13.2 Å². The Labute approximate surface area is 207 Å². The highest BCUT2D eigenvalue weighted by Crippen LogP contribution is 2.47.